The van der Waals surface area contributed by atoms with E-state index in [4.69, 9.17) is 0 Å². The Morgan fingerprint density at radius 3 is 2.24 bits per heavy atom. The number of rotatable bonds is 4. The molecule has 3 nitrogen and oxygen atoms in total. The molecule has 3 rings (SSSR count). The first kappa shape index (κ1) is 16.7. The summed E-state index contributed by atoms with van der Waals surface area (Å²) in [4.78, 5) is 12.2. The van der Waals surface area contributed by atoms with E-state index in [0.29, 0.717) is 5.56 Å². The van der Waals surface area contributed by atoms with Crippen LogP contribution in [0.3, 0.4) is 0 Å². The maximum absolute atomic E-state index is 12.2. The maximum atomic E-state index is 12.2. The van der Waals surface area contributed by atoms with Gasteiger partial charge in [0, 0.05) is 5.56 Å². The van der Waals surface area contributed by atoms with E-state index in [1.54, 1.807) is 6.21 Å². The highest BCUT2D eigenvalue weighted by Gasteiger charge is 2.05. The molecule has 3 aromatic rings. The predicted octanol–water partition coefficient (Wildman–Crippen LogP) is 4.73. The summed E-state index contributed by atoms with van der Waals surface area (Å²) in [5.74, 6) is -0.222. The third kappa shape index (κ3) is 4.21. The summed E-state index contributed by atoms with van der Waals surface area (Å²) in [6, 6.07) is 23.7. The van der Waals surface area contributed by atoms with Gasteiger partial charge in [-0.25, -0.2) is 5.43 Å². The molecule has 0 aromatic heterocycles. The number of aryl methyl sites for hydroxylation is 2. The third-order valence-corrected chi connectivity index (χ3v) is 4.05. The van der Waals surface area contributed by atoms with Crippen molar-refractivity contribution < 1.29 is 4.79 Å². The number of carbonyl (C=O) groups excluding carboxylic acids is 1. The first-order valence-electron chi connectivity index (χ1n) is 8.19. The van der Waals surface area contributed by atoms with Crippen LogP contribution in [0.2, 0.25) is 0 Å². The third-order valence-electron chi connectivity index (χ3n) is 4.05. The van der Waals surface area contributed by atoms with Crippen molar-refractivity contribution in [3.8, 4) is 11.1 Å². The van der Waals surface area contributed by atoms with Gasteiger partial charge in [0.15, 0.2) is 0 Å². The van der Waals surface area contributed by atoms with Crippen LogP contribution in [0.15, 0.2) is 77.9 Å². The van der Waals surface area contributed by atoms with Gasteiger partial charge in [0.1, 0.15) is 0 Å². The van der Waals surface area contributed by atoms with E-state index in [-0.39, 0.29) is 5.91 Å². The fraction of sp³-hybridized carbons (Fsp3) is 0.0909. The molecule has 1 N–H and O–H groups in total. The number of carbonyl (C=O) groups is 1. The van der Waals surface area contributed by atoms with Crippen LogP contribution in [-0.4, -0.2) is 12.1 Å². The van der Waals surface area contributed by atoms with Crippen LogP contribution >= 0.6 is 0 Å². The molecule has 0 atom stereocenters. The van der Waals surface area contributed by atoms with Gasteiger partial charge < -0.3 is 0 Å². The highest BCUT2D eigenvalue weighted by atomic mass is 16.2. The average molecular weight is 328 g/mol. The standard InChI is InChI=1S/C22H20N2O/c1-16-8-9-21(17(2)14-16)15-23-24-22(25)20-12-10-19(11-13-20)18-6-4-3-5-7-18/h3-15H,1-2H3,(H,24,25)/b23-15+. The summed E-state index contributed by atoms with van der Waals surface area (Å²) >= 11 is 0. The van der Waals surface area contributed by atoms with E-state index in [1.165, 1.54) is 5.56 Å². The largest absolute Gasteiger partial charge is 0.271 e. The van der Waals surface area contributed by atoms with E-state index >= 15 is 0 Å². The van der Waals surface area contributed by atoms with E-state index < -0.39 is 0 Å². The lowest BCUT2D eigenvalue weighted by molar-refractivity contribution is 0.0955. The summed E-state index contributed by atoms with van der Waals surface area (Å²) in [6.45, 7) is 4.08. The van der Waals surface area contributed by atoms with Crippen LogP contribution in [-0.2, 0) is 0 Å². The Bertz CT molecular complexity index is 897. The van der Waals surface area contributed by atoms with Gasteiger partial charge in [0.2, 0.25) is 0 Å². The number of hydrazone groups is 1. The number of hydrogen-bond donors (Lipinski definition) is 1. The molecule has 0 unspecified atom stereocenters. The molecule has 0 aliphatic rings. The first-order chi connectivity index (χ1) is 12.1. The molecule has 0 heterocycles. The fourth-order valence-corrected chi connectivity index (χ4v) is 2.64. The minimum absolute atomic E-state index is 0.222. The molecule has 0 bridgehead atoms. The summed E-state index contributed by atoms with van der Waals surface area (Å²) < 4.78 is 0. The van der Waals surface area contributed by atoms with Gasteiger partial charge in [-0.15, -0.1) is 0 Å². The number of benzene rings is 3. The molecule has 124 valence electrons. The molecule has 0 aliphatic heterocycles. The molecular formula is C22H20N2O. The molecule has 0 saturated carbocycles. The van der Waals surface area contributed by atoms with Crippen LogP contribution in [0.25, 0.3) is 11.1 Å². The van der Waals surface area contributed by atoms with E-state index in [0.717, 1.165) is 22.3 Å². The van der Waals surface area contributed by atoms with Crippen molar-refractivity contribution in [3.05, 3.63) is 95.1 Å². The lowest BCUT2D eigenvalue weighted by atomic mass is 10.0. The van der Waals surface area contributed by atoms with Crippen LogP contribution in [0.4, 0.5) is 0 Å². The van der Waals surface area contributed by atoms with Gasteiger partial charge in [-0.2, -0.15) is 5.10 Å². The molecule has 25 heavy (non-hydrogen) atoms. The number of nitrogens with one attached hydrogen (secondary N) is 1. The number of nitrogens with zero attached hydrogens (tertiary/aromatic N) is 1. The van der Waals surface area contributed by atoms with Crippen LogP contribution in [0, 0.1) is 13.8 Å². The molecule has 0 aliphatic carbocycles. The van der Waals surface area contributed by atoms with Crippen LogP contribution in [0.5, 0.6) is 0 Å². The van der Waals surface area contributed by atoms with Crippen molar-refractivity contribution in [1.82, 2.24) is 5.43 Å². The highest BCUT2D eigenvalue weighted by molar-refractivity contribution is 5.95. The summed E-state index contributed by atoms with van der Waals surface area (Å²) in [5, 5.41) is 4.06. The normalized spacial score (nSPS) is 10.8. The topological polar surface area (TPSA) is 41.5 Å². The van der Waals surface area contributed by atoms with Crippen molar-refractivity contribution in [2.45, 2.75) is 13.8 Å². The van der Waals surface area contributed by atoms with E-state index in [2.05, 4.69) is 23.5 Å². The second-order valence-corrected chi connectivity index (χ2v) is 6.00. The second-order valence-electron chi connectivity index (χ2n) is 6.00. The van der Waals surface area contributed by atoms with E-state index in [9.17, 15) is 4.79 Å². The Morgan fingerprint density at radius 1 is 0.880 bits per heavy atom. The van der Waals surface area contributed by atoms with Gasteiger partial charge in [-0.3, -0.25) is 4.79 Å². The minimum Gasteiger partial charge on any atom is -0.267 e. The molecule has 0 spiro atoms. The summed E-state index contributed by atoms with van der Waals surface area (Å²) in [6.07, 6.45) is 1.67. The molecule has 0 fully saturated rings. The maximum Gasteiger partial charge on any atom is 0.271 e. The van der Waals surface area contributed by atoms with Gasteiger partial charge in [0.25, 0.3) is 5.91 Å². The van der Waals surface area contributed by atoms with Crippen molar-refractivity contribution in [3.63, 3.8) is 0 Å². The lowest BCUT2D eigenvalue weighted by Gasteiger charge is -2.04. The molecule has 0 saturated heterocycles. The van der Waals surface area contributed by atoms with Crippen molar-refractivity contribution in [1.29, 1.82) is 0 Å². The number of amides is 1. The molecule has 1 amide bonds. The Labute approximate surface area is 148 Å². The van der Waals surface area contributed by atoms with Crippen molar-refractivity contribution in [2.75, 3.05) is 0 Å². The Kier molecular flexibility index (Phi) is 5.05. The monoisotopic (exact) mass is 328 g/mol. The average Bonchev–Trinajstić information content (AvgIpc) is 2.64. The minimum atomic E-state index is -0.222. The molecule has 3 aromatic carbocycles. The molecule has 0 radical (unpaired) electrons. The summed E-state index contributed by atoms with van der Waals surface area (Å²) in [5.41, 5.74) is 8.69. The fourth-order valence-electron chi connectivity index (χ4n) is 2.64. The Morgan fingerprint density at radius 2 is 1.56 bits per heavy atom. The first-order valence-corrected chi connectivity index (χ1v) is 8.19. The predicted molar refractivity (Wildman–Crippen MR) is 103 cm³/mol. The zero-order valence-electron chi connectivity index (χ0n) is 14.4. The SMILES string of the molecule is Cc1ccc(/C=N/NC(=O)c2ccc(-c3ccccc3)cc2)c(C)c1. The smallest absolute Gasteiger partial charge is 0.267 e. The zero-order valence-corrected chi connectivity index (χ0v) is 14.4. The molecule has 3 heteroatoms. The highest BCUT2D eigenvalue weighted by Crippen LogP contribution is 2.19. The number of hydrogen-bond acceptors (Lipinski definition) is 2. The molecular weight excluding hydrogens is 308 g/mol. The zero-order chi connectivity index (χ0) is 17.6. The Hall–Kier alpha value is -3.20. The van der Waals surface area contributed by atoms with E-state index in [1.807, 2.05) is 73.7 Å². The quantitative estimate of drug-likeness (QED) is 0.546. The lowest BCUT2D eigenvalue weighted by Crippen LogP contribution is -2.17. The van der Waals surface area contributed by atoms with Crippen molar-refractivity contribution >= 4 is 12.1 Å². The van der Waals surface area contributed by atoms with Gasteiger partial charge >= 0.3 is 0 Å². The van der Waals surface area contributed by atoms with Crippen LogP contribution < -0.4 is 5.43 Å². The van der Waals surface area contributed by atoms with Crippen molar-refractivity contribution in [2.24, 2.45) is 5.10 Å². The van der Waals surface area contributed by atoms with Gasteiger partial charge in [0.05, 0.1) is 6.21 Å². The van der Waals surface area contributed by atoms with Crippen LogP contribution in [0.1, 0.15) is 27.0 Å². The second kappa shape index (κ2) is 7.58. The summed E-state index contributed by atoms with van der Waals surface area (Å²) in [7, 11) is 0. The van der Waals surface area contributed by atoms with Gasteiger partial charge in [-0.05, 0) is 48.2 Å². The van der Waals surface area contributed by atoms with Gasteiger partial charge in [-0.1, -0.05) is 66.2 Å². The Balaban J connectivity index is 1.66.